The summed E-state index contributed by atoms with van der Waals surface area (Å²) in [4.78, 5) is 11.7. The van der Waals surface area contributed by atoms with Crippen LogP contribution in [-0.4, -0.2) is 18.1 Å². The number of esters is 1. The van der Waals surface area contributed by atoms with Gasteiger partial charge in [0.15, 0.2) is 0 Å². The van der Waals surface area contributed by atoms with Gasteiger partial charge in [-0.25, -0.2) is 0 Å². The highest BCUT2D eigenvalue weighted by Gasteiger charge is 2.47. The molecule has 1 saturated carbocycles. The zero-order chi connectivity index (χ0) is 10.9. The molecule has 2 N–H and O–H groups in total. The molecule has 1 fully saturated rings. The average molecular weight is 209 g/mol. The molecule has 15 heavy (non-hydrogen) atoms. The summed E-state index contributed by atoms with van der Waals surface area (Å²) in [5.41, 5.74) is 5.42. The molecule has 0 aromatic carbocycles. The van der Waals surface area contributed by atoms with Gasteiger partial charge in [0.25, 0.3) is 0 Å². The fourth-order valence-corrected chi connectivity index (χ4v) is 2.85. The van der Waals surface area contributed by atoms with E-state index in [1.807, 2.05) is 6.92 Å². The van der Waals surface area contributed by atoms with Gasteiger partial charge < -0.3 is 10.5 Å². The minimum absolute atomic E-state index is 0.215. The highest BCUT2D eigenvalue weighted by atomic mass is 16.5. The molecule has 0 saturated heterocycles. The largest absolute Gasteiger partial charge is 0.465 e. The molecule has 0 heterocycles. The molecule has 2 aliphatic rings. The lowest BCUT2D eigenvalue weighted by Crippen LogP contribution is -2.47. The quantitative estimate of drug-likeness (QED) is 0.555. The lowest BCUT2D eigenvalue weighted by molar-refractivity contribution is -0.149. The Bertz CT molecular complexity index is 287. The van der Waals surface area contributed by atoms with Gasteiger partial charge in [-0.1, -0.05) is 12.2 Å². The molecule has 3 heteroatoms. The van der Waals surface area contributed by atoms with E-state index in [0.717, 1.165) is 19.3 Å². The van der Waals surface area contributed by atoms with Crippen LogP contribution in [0.25, 0.3) is 0 Å². The van der Waals surface area contributed by atoms with Crippen molar-refractivity contribution in [1.29, 1.82) is 0 Å². The number of ether oxygens (including phenoxy) is 1. The van der Waals surface area contributed by atoms with E-state index < -0.39 is 5.54 Å². The van der Waals surface area contributed by atoms with Crippen molar-refractivity contribution in [3.63, 3.8) is 0 Å². The fraction of sp³-hybridized carbons (Fsp3) is 0.750. The number of fused-ring (bicyclic) bond motifs is 1. The van der Waals surface area contributed by atoms with Crippen LogP contribution in [0, 0.1) is 11.8 Å². The van der Waals surface area contributed by atoms with E-state index >= 15 is 0 Å². The van der Waals surface area contributed by atoms with Gasteiger partial charge in [0.05, 0.1) is 6.61 Å². The monoisotopic (exact) mass is 209 g/mol. The summed E-state index contributed by atoms with van der Waals surface area (Å²) in [5, 5.41) is 0. The van der Waals surface area contributed by atoms with Crippen LogP contribution in [0.4, 0.5) is 0 Å². The maximum Gasteiger partial charge on any atom is 0.326 e. The average Bonchev–Trinajstić information content (AvgIpc) is 2.56. The second-order valence-electron chi connectivity index (χ2n) is 4.71. The first-order valence-electron chi connectivity index (χ1n) is 5.78. The zero-order valence-corrected chi connectivity index (χ0v) is 9.24. The molecule has 84 valence electrons. The minimum Gasteiger partial charge on any atom is -0.465 e. The summed E-state index contributed by atoms with van der Waals surface area (Å²) >= 11 is 0. The Balaban J connectivity index is 2.06. The lowest BCUT2D eigenvalue weighted by atomic mass is 9.87. The first kappa shape index (κ1) is 10.7. The van der Waals surface area contributed by atoms with Gasteiger partial charge in [-0.15, -0.1) is 0 Å². The van der Waals surface area contributed by atoms with Crippen LogP contribution in [0.5, 0.6) is 0 Å². The Hall–Kier alpha value is -0.830. The Kier molecular flexibility index (Phi) is 2.83. The SMILES string of the molecule is CCOC(=O)C1(N)C[C@H]2CCC=C[C@@H]2C1. The molecule has 0 bridgehead atoms. The minimum atomic E-state index is -0.722. The van der Waals surface area contributed by atoms with Crippen molar-refractivity contribution < 1.29 is 9.53 Å². The van der Waals surface area contributed by atoms with Gasteiger partial charge in [-0.3, -0.25) is 4.79 Å². The predicted octanol–water partition coefficient (Wildman–Crippen LogP) is 1.62. The number of hydrogen-bond acceptors (Lipinski definition) is 3. The maximum absolute atomic E-state index is 11.7. The molecule has 2 aliphatic carbocycles. The summed E-state index contributed by atoms with van der Waals surface area (Å²) in [5.74, 6) is 0.866. The van der Waals surface area contributed by atoms with Crippen molar-refractivity contribution >= 4 is 5.97 Å². The van der Waals surface area contributed by atoms with Crippen LogP contribution in [0.15, 0.2) is 12.2 Å². The maximum atomic E-state index is 11.7. The third-order valence-electron chi connectivity index (χ3n) is 3.60. The second kappa shape index (κ2) is 3.97. The summed E-state index contributed by atoms with van der Waals surface area (Å²) < 4.78 is 5.05. The van der Waals surface area contributed by atoms with Crippen molar-refractivity contribution in [3.8, 4) is 0 Å². The molecule has 0 radical (unpaired) electrons. The molecule has 3 atom stereocenters. The van der Waals surface area contributed by atoms with Crippen molar-refractivity contribution in [3.05, 3.63) is 12.2 Å². The summed E-state index contributed by atoms with van der Waals surface area (Å²) in [7, 11) is 0. The molecule has 1 unspecified atom stereocenters. The van der Waals surface area contributed by atoms with Crippen LogP contribution in [0.1, 0.15) is 32.6 Å². The normalized spacial score (nSPS) is 38.8. The number of hydrogen-bond donors (Lipinski definition) is 1. The molecule has 0 aliphatic heterocycles. The topological polar surface area (TPSA) is 52.3 Å². The van der Waals surface area contributed by atoms with Crippen molar-refractivity contribution in [2.45, 2.75) is 38.1 Å². The van der Waals surface area contributed by atoms with Gasteiger partial charge in [-0.05, 0) is 44.4 Å². The molecular weight excluding hydrogens is 190 g/mol. The third-order valence-corrected chi connectivity index (χ3v) is 3.60. The first-order valence-corrected chi connectivity index (χ1v) is 5.78. The number of allylic oxidation sites excluding steroid dienone is 2. The Labute approximate surface area is 90.7 Å². The molecule has 3 nitrogen and oxygen atoms in total. The molecule has 0 amide bonds. The van der Waals surface area contributed by atoms with E-state index in [2.05, 4.69) is 12.2 Å². The van der Waals surface area contributed by atoms with Crippen LogP contribution in [-0.2, 0) is 9.53 Å². The third kappa shape index (κ3) is 1.93. The lowest BCUT2D eigenvalue weighted by Gasteiger charge is -2.21. The molecule has 0 aromatic rings. The Morgan fingerprint density at radius 1 is 1.60 bits per heavy atom. The zero-order valence-electron chi connectivity index (χ0n) is 9.24. The van der Waals surface area contributed by atoms with Gasteiger partial charge in [0, 0.05) is 0 Å². The molecule has 0 spiro atoms. The van der Waals surface area contributed by atoms with Crippen LogP contribution >= 0.6 is 0 Å². The predicted molar refractivity (Wildman–Crippen MR) is 58.1 cm³/mol. The number of carbonyl (C=O) groups is 1. The Morgan fingerprint density at radius 3 is 3.07 bits per heavy atom. The van der Waals surface area contributed by atoms with E-state index in [1.54, 1.807) is 0 Å². The smallest absolute Gasteiger partial charge is 0.326 e. The number of carbonyl (C=O) groups excluding carboxylic acids is 1. The van der Waals surface area contributed by atoms with E-state index in [4.69, 9.17) is 10.5 Å². The fourth-order valence-electron chi connectivity index (χ4n) is 2.85. The molecular formula is C12H19NO2. The van der Waals surface area contributed by atoms with Crippen LogP contribution < -0.4 is 5.73 Å². The van der Waals surface area contributed by atoms with E-state index in [-0.39, 0.29) is 5.97 Å². The van der Waals surface area contributed by atoms with Crippen molar-refractivity contribution in [1.82, 2.24) is 0 Å². The van der Waals surface area contributed by atoms with Gasteiger partial charge >= 0.3 is 5.97 Å². The van der Waals surface area contributed by atoms with Crippen molar-refractivity contribution in [2.75, 3.05) is 6.61 Å². The second-order valence-corrected chi connectivity index (χ2v) is 4.71. The van der Waals surface area contributed by atoms with E-state index in [9.17, 15) is 4.79 Å². The molecule has 0 aromatic heterocycles. The summed E-state index contributed by atoms with van der Waals surface area (Å²) in [6.07, 6.45) is 8.27. The molecule has 2 rings (SSSR count). The number of rotatable bonds is 2. The van der Waals surface area contributed by atoms with Crippen molar-refractivity contribution in [2.24, 2.45) is 17.6 Å². The van der Waals surface area contributed by atoms with Gasteiger partial charge in [0.1, 0.15) is 5.54 Å². The van der Waals surface area contributed by atoms with Crippen LogP contribution in [0.2, 0.25) is 0 Å². The highest BCUT2D eigenvalue weighted by molar-refractivity contribution is 5.81. The van der Waals surface area contributed by atoms with E-state index in [0.29, 0.717) is 18.4 Å². The van der Waals surface area contributed by atoms with E-state index in [1.165, 1.54) is 6.42 Å². The number of nitrogens with two attached hydrogens (primary N) is 1. The standard InChI is InChI=1S/C12H19NO2/c1-2-15-11(14)12(13)7-9-5-3-4-6-10(9)8-12/h3,5,9-10H,2,4,6-8,13H2,1H3/t9-,10-,12?/m1/s1. The Morgan fingerprint density at radius 2 is 2.40 bits per heavy atom. The van der Waals surface area contributed by atoms with Gasteiger partial charge in [0.2, 0.25) is 0 Å². The first-order chi connectivity index (χ1) is 7.15. The highest BCUT2D eigenvalue weighted by Crippen LogP contribution is 2.43. The van der Waals surface area contributed by atoms with Crippen LogP contribution in [0.3, 0.4) is 0 Å². The summed E-state index contributed by atoms with van der Waals surface area (Å²) in [6.45, 7) is 2.24. The summed E-state index contributed by atoms with van der Waals surface area (Å²) in [6, 6.07) is 0. The van der Waals surface area contributed by atoms with Gasteiger partial charge in [-0.2, -0.15) is 0 Å².